The molecule has 0 aliphatic rings. The lowest BCUT2D eigenvalue weighted by molar-refractivity contribution is 0.276. The molecule has 0 saturated heterocycles. The van der Waals surface area contributed by atoms with Crippen LogP contribution in [0.4, 0.5) is 6.01 Å². The van der Waals surface area contributed by atoms with E-state index in [1.807, 2.05) is 42.3 Å². The van der Waals surface area contributed by atoms with E-state index in [4.69, 9.17) is 9.52 Å². The number of hydrogen-bond acceptors (Lipinski definition) is 4. The molecule has 16 heavy (non-hydrogen) atoms. The third-order valence-electron chi connectivity index (χ3n) is 2.29. The summed E-state index contributed by atoms with van der Waals surface area (Å²) in [6.07, 6.45) is 1.47. The van der Waals surface area contributed by atoms with Crippen LogP contribution in [0.25, 0.3) is 0 Å². The normalized spacial score (nSPS) is 10.4. The Kier molecular flexibility index (Phi) is 3.22. The number of benzene rings is 1. The lowest BCUT2D eigenvalue weighted by Crippen LogP contribution is -2.16. The summed E-state index contributed by atoms with van der Waals surface area (Å²) in [5.41, 5.74) is 1.74. The maximum atomic E-state index is 8.88. The maximum Gasteiger partial charge on any atom is 0.297 e. The van der Waals surface area contributed by atoms with Gasteiger partial charge in [0.05, 0.1) is 6.61 Å². The maximum absolute atomic E-state index is 8.88. The summed E-state index contributed by atoms with van der Waals surface area (Å²) in [6, 6.07) is 10.6. The molecule has 84 valence electrons. The molecular formula is C12H14N2O2. The smallest absolute Gasteiger partial charge is 0.297 e. The minimum Gasteiger partial charge on any atom is -0.432 e. The summed E-state index contributed by atoms with van der Waals surface area (Å²) >= 11 is 0. The predicted molar refractivity (Wildman–Crippen MR) is 61.0 cm³/mol. The zero-order chi connectivity index (χ0) is 11.4. The van der Waals surface area contributed by atoms with E-state index in [1.165, 1.54) is 11.8 Å². The van der Waals surface area contributed by atoms with Crippen molar-refractivity contribution < 1.29 is 9.52 Å². The van der Waals surface area contributed by atoms with Gasteiger partial charge in [0.1, 0.15) is 12.0 Å². The van der Waals surface area contributed by atoms with E-state index >= 15 is 0 Å². The number of rotatable bonds is 4. The zero-order valence-electron chi connectivity index (χ0n) is 9.13. The molecule has 4 nitrogen and oxygen atoms in total. The van der Waals surface area contributed by atoms with E-state index in [-0.39, 0.29) is 6.61 Å². The standard InChI is InChI=1S/C12H14N2O2/c1-14(7-10-5-3-2-4-6-10)12-13-11(8-15)9-16-12/h2-6,9,15H,7-8H2,1H3. The van der Waals surface area contributed by atoms with E-state index in [2.05, 4.69) is 4.98 Å². The van der Waals surface area contributed by atoms with Gasteiger partial charge in [-0.2, -0.15) is 4.98 Å². The van der Waals surface area contributed by atoms with Crippen LogP contribution in [0, 0.1) is 0 Å². The number of oxazole rings is 1. The van der Waals surface area contributed by atoms with Crippen molar-refractivity contribution in [2.45, 2.75) is 13.2 Å². The van der Waals surface area contributed by atoms with Crippen LogP contribution in [-0.4, -0.2) is 17.1 Å². The Morgan fingerprint density at radius 3 is 2.69 bits per heavy atom. The molecule has 1 N–H and O–H groups in total. The molecule has 0 amide bonds. The second-order valence-corrected chi connectivity index (χ2v) is 3.62. The molecule has 0 fully saturated rings. The Bertz CT molecular complexity index is 439. The highest BCUT2D eigenvalue weighted by atomic mass is 16.4. The van der Waals surface area contributed by atoms with Gasteiger partial charge in [-0.25, -0.2) is 0 Å². The van der Waals surface area contributed by atoms with Gasteiger partial charge in [0.15, 0.2) is 0 Å². The van der Waals surface area contributed by atoms with Gasteiger partial charge in [-0.1, -0.05) is 30.3 Å². The summed E-state index contributed by atoms with van der Waals surface area (Å²) in [6.45, 7) is 0.634. The van der Waals surface area contributed by atoms with Gasteiger partial charge < -0.3 is 14.4 Å². The molecule has 4 heteroatoms. The SMILES string of the molecule is CN(Cc1ccccc1)c1nc(CO)co1. The zero-order valence-corrected chi connectivity index (χ0v) is 9.13. The largest absolute Gasteiger partial charge is 0.432 e. The van der Waals surface area contributed by atoms with Crippen LogP contribution in [0.15, 0.2) is 41.0 Å². The van der Waals surface area contributed by atoms with Gasteiger partial charge in [-0.05, 0) is 5.56 Å². The average molecular weight is 218 g/mol. The molecule has 0 radical (unpaired) electrons. The van der Waals surface area contributed by atoms with Gasteiger partial charge in [-0.15, -0.1) is 0 Å². The van der Waals surface area contributed by atoms with Crippen molar-refractivity contribution in [3.8, 4) is 0 Å². The topological polar surface area (TPSA) is 49.5 Å². The molecule has 0 atom stereocenters. The summed E-state index contributed by atoms with van der Waals surface area (Å²) < 4.78 is 5.24. The first-order chi connectivity index (χ1) is 7.79. The van der Waals surface area contributed by atoms with E-state index < -0.39 is 0 Å². The number of aliphatic hydroxyl groups excluding tert-OH is 1. The molecule has 0 saturated carbocycles. The number of anilines is 1. The van der Waals surface area contributed by atoms with E-state index in [0.29, 0.717) is 11.7 Å². The Balaban J connectivity index is 2.05. The predicted octanol–water partition coefficient (Wildman–Crippen LogP) is 1.80. The minimum atomic E-state index is -0.0946. The van der Waals surface area contributed by atoms with E-state index in [0.717, 1.165) is 6.54 Å². The molecule has 2 aromatic rings. The third kappa shape index (κ3) is 2.41. The van der Waals surface area contributed by atoms with Gasteiger partial charge in [-0.3, -0.25) is 0 Å². The van der Waals surface area contributed by atoms with E-state index in [1.54, 1.807) is 0 Å². The van der Waals surface area contributed by atoms with Crippen LogP contribution < -0.4 is 4.90 Å². The van der Waals surface area contributed by atoms with E-state index in [9.17, 15) is 0 Å². The summed E-state index contributed by atoms with van der Waals surface area (Å²) in [5.74, 6) is 0. The molecule has 0 unspecified atom stereocenters. The summed E-state index contributed by atoms with van der Waals surface area (Å²) in [4.78, 5) is 6.03. The second kappa shape index (κ2) is 4.81. The second-order valence-electron chi connectivity index (χ2n) is 3.62. The first kappa shape index (κ1) is 10.7. The van der Waals surface area contributed by atoms with Crippen LogP contribution in [0.5, 0.6) is 0 Å². The fourth-order valence-electron chi connectivity index (χ4n) is 1.47. The first-order valence-corrected chi connectivity index (χ1v) is 5.10. The molecule has 2 rings (SSSR count). The third-order valence-corrected chi connectivity index (χ3v) is 2.29. The van der Waals surface area contributed by atoms with Crippen molar-refractivity contribution >= 4 is 6.01 Å². The fourth-order valence-corrected chi connectivity index (χ4v) is 1.47. The highest BCUT2D eigenvalue weighted by Gasteiger charge is 2.08. The highest BCUT2D eigenvalue weighted by molar-refractivity contribution is 5.28. The summed E-state index contributed by atoms with van der Waals surface area (Å²) in [5, 5.41) is 8.88. The van der Waals surface area contributed by atoms with Crippen molar-refractivity contribution in [2.75, 3.05) is 11.9 Å². The molecule has 0 bridgehead atoms. The Morgan fingerprint density at radius 1 is 1.31 bits per heavy atom. The van der Waals surface area contributed by atoms with Crippen LogP contribution in [0.1, 0.15) is 11.3 Å². The Morgan fingerprint density at radius 2 is 2.06 bits per heavy atom. The van der Waals surface area contributed by atoms with Crippen LogP contribution in [0.3, 0.4) is 0 Å². The van der Waals surface area contributed by atoms with Gasteiger partial charge in [0, 0.05) is 13.6 Å². The lowest BCUT2D eigenvalue weighted by atomic mass is 10.2. The molecule has 0 aliphatic heterocycles. The van der Waals surface area contributed by atoms with Gasteiger partial charge in [0.25, 0.3) is 6.01 Å². The van der Waals surface area contributed by atoms with Crippen molar-refractivity contribution in [3.05, 3.63) is 47.9 Å². The first-order valence-electron chi connectivity index (χ1n) is 5.10. The minimum absolute atomic E-state index is 0.0946. The number of aromatic nitrogens is 1. The molecule has 1 aromatic heterocycles. The Hall–Kier alpha value is -1.81. The fraction of sp³-hybridized carbons (Fsp3) is 0.250. The van der Waals surface area contributed by atoms with Crippen molar-refractivity contribution in [1.82, 2.24) is 4.98 Å². The number of aliphatic hydroxyl groups is 1. The monoisotopic (exact) mass is 218 g/mol. The Labute approximate surface area is 94.2 Å². The molecule has 0 spiro atoms. The molecular weight excluding hydrogens is 204 g/mol. The van der Waals surface area contributed by atoms with Crippen LogP contribution in [-0.2, 0) is 13.2 Å². The van der Waals surface area contributed by atoms with Crippen LogP contribution >= 0.6 is 0 Å². The number of nitrogens with zero attached hydrogens (tertiary/aromatic N) is 2. The van der Waals surface area contributed by atoms with Gasteiger partial charge >= 0.3 is 0 Å². The van der Waals surface area contributed by atoms with Crippen LogP contribution in [0.2, 0.25) is 0 Å². The highest BCUT2D eigenvalue weighted by Crippen LogP contribution is 2.14. The average Bonchev–Trinajstić information content (AvgIpc) is 2.79. The number of hydrogen-bond donors (Lipinski definition) is 1. The van der Waals surface area contributed by atoms with Crippen molar-refractivity contribution in [2.24, 2.45) is 0 Å². The molecule has 1 heterocycles. The lowest BCUT2D eigenvalue weighted by Gasteiger charge is -2.13. The van der Waals surface area contributed by atoms with Gasteiger partial charge in [0.2, 0.25) is 0 Å². The quantitative estimate of drug-likeness (QED) is 0.850. The molecule has 1 aromatic carbocycles. The molecule has 0 aliphatic carbocycles. The van der Waals surface area contributed by atoms with Crippen molar-refractivity contribution in [3.63, 3.8) is 0 Å². The van der Waals surface area contributed by atoms with Crippen molar-refractivity contribution in [1.29, 1.82) is 0 Å². The summed E-state index contributed by atoms with van der Waals surface area (Å²) in [7, 11) is 1.90.